The SMILES string of the molecule is Nc1ccc(Cl)c(C(=O)NCC(F)(F)F)n1. The minimum absolute atomic E-state index is 0.00144. The highest BCUT2D eigenvalue weighted by atomic mass is 35.5. The Hall–Kier alpha value is -1.50. The topological polar surface area (TPSA) is 68.0 Å². The lowest BCUT2D eigenvalue weighted by Crippen LogP contribution is -2.34. The van der Waals surface area contributed by atoms with E-state index in [9.17, 15) is 18.0 Å². The summed E-state index contributed by atoms with van der Waals surface area (Å²) in [5.74, 6) is -1.02. The molecular weight excluding hydrogens is 247 g/mol. The molecule has 0 fully saturated rings. The number of nitrogens with two attached hydrogens (primary N) is 1. The number of halogens is 4. The summed E-state index contributed by atoms with van der Waals surface area (Å²) in [7, 11) is 0. The van der Waals surface area contributed by atoms with Crippen molar-refractivity contribution in [1.82, 2.24) is 10.3 Å². The molecule has 0 bridgehead atoms. The molecule has 1 aromatic heterocycles. The van der Waals surface area contributed by atoms with Crippen LogP contribution in [0.2, 0.25) is 5.02 Å². The third-order valence-corrected chi connectivity index (χ3v) is 1.84. The van der Waals surface area contributed by atoms with Crippen LogP contribution in [-0.2, 0) is 0 Å². The van der Waals surface area contributed by atoms with Crippen LogP contribution in [0.3, 0.4) is 0 Å². The number of anilines is 1. The predicted octanol–water partition coefficient (Wildman–Crippen LogP) is 1.61. The average molecular weight is 254 g/mol. The summed E-state index contributed by atoms with van der Waals surface area (Å²) in [6, 6.07) is 2.62. The van der Waals surface area contributed by atoms with E-state index < -0.39 is 18.6 Å². The largest absolute Gasteiger partial charge is 0.405 e. The Labute approximate surface area is 93.6 Å². The Morgan fingerprint density at radius 1 is 1.50 bits per heavy atom. The first-order valence-electron chi connectivity index (χ1n) is 4.06. The highest BCUT2D eigenvalue weighted by Crippen LogP contribution is 2.16. The molecule has 0 spiro atoms. The van der Waals surface area contributed by atoms with Gasteiger partial charge in [-0.1, -0.05) is 11.6 Å². The van der Waals surface area contributed by atoms with Gasteiger partial charge in [-0.05, 0) is 12.1 Å². The van der Waals surface area contributed by atoms with E-state index >= 15 is 0 Å². The van der Waals surface area contributed by atoms with E-state index in [0.29, 0.717) is 0 Å². The summed E-state index contributed by atoms with van der Waals surface area (Å²) < 4.78 is 35.5. The number of amides is 1. The zero-order valence-corrected chi connectivity index (χ0v) is 8.56. The number of nitrogen functional groups attached to an aromatic ring is 1. The van der Waals surface area contributed by atoms with Gasteiger partial charge in [0.25, 0.3) is 5.91 Å². The van der Waals surface area contributed by atoms with Gasteiger partial charge in [0.15, 0.2) is 0 Å². The molecule has 0 aliphatic rings. The Morgan fingerprint density at radius 2 is 2.12 bits per heavy atom. The van der Waals surface area contributed by atoms with Gasteiger partial charge in [0, 0.05) is 0 Å². The molecule has 0 unspecified atom stereocenters. The van der Waals surface area contributed by atoms with Crippen molar-refractivity contribution >= 4 is 23.3 Å². The lowest BCUT2D eigenvalue weighted by atomic mass is 10.3. The van der Waals surface area contributed by atoms with Crippen LogP contribution in [0.25, 0.3) is 0 Å². The normalized spacial score (nSPS) is 11.2. The summed E-state index contributed by atoms with van der Waals surface area (Å²) in [5, 5.41) is 1.58. The van der Waals surface area contributed by atoms with Crippen molar-refractivity contribution in [1.29, 1.82) is 0 Å². The van der Waals surface area contributed by atoms with Crippen molar-refractivity contribution in [3.05, 3.63) is 22.8 Å². The molecule has 0 radical (unpaired) electrons. The zero-order valence-electron chi connectivity index (χ0n) is 7.81. The number of rotatable bonds is 2. The Morgan fingerprint density at radius 3 is 2.69 bits per heavy atom. The van der Waals surface area contributed by atoms with Gasteiger partial charge in [-0.25, -0.2) is 4.98 Å². The van der Waals surface area contributed by atoms with Crippen LogP contribution in [0.4, 0.5) is 19.0 Å². The lowest BCUT2D eigenvalue weighted by molar-refractivity contribution is -0.123. The van der Waals surface area contributed by atoms with Crippen molar-refractivity contribution < 1.29 is 18.0 Å². The molecule has 3 N–H and O–H groups in total. The van der Waals surface area contributed by atoms with Crippen LogP contribution < -0.4 is 11.1 Å². The van der Waals surface area contributed by atoms with Gasteiger partial charge in [-0.3, -0.25) is 4.79 Å². The number of carbonyl (C=O) groups excluding carboxylic acids is 1. The summed E-state index contributed by atoms with van der Waals surface area (Å²) in [6.07, 6.45) is -4.48. The number of nitrogens with zero attached hydrogens (tertiary/aromatic N) is 1. The maximum atomic E-state index is 11.8. The first-order chi connectivity index (χ1) is 7.29. The molecule has 0 saturated carbocycles. The summed E-state index contributed by atoms with van der Waals surface area (Å²) in [5.41, 5.74) is 4.95. The zero-order chi connectivity index (χ0) is 12.3. The van der Waals surface area contributed by atoms with Gasteiger partial charge in [-0.2, -0.15) is 13.2 Å². The van der Waals surface area contributed by atoms with E-state index in [2.05, 4.69) is 4.98 Å². The molecule has 0 aliphatic carbocycles. The van der Waals surface area contributed by atoms with Crippen LogP contribution in [0, 0.1) is 0 Å². The maximum Gasteiger partial charge on any atom is 0.405 e. The maximum absolute atomic E-state index is 11.8. The second-order valence-corrected chi connectivity index (χ2v) is 3.27. The van der Waals surface area contributed by atoms with E-state index in [1.165, 1.54) is 12.1 Å². The molecular formula is C8H7ClF3N3O. The van der Waals surface area contributed by atoms with Gasteiger partial charge >= 0.3 is 6.18 Å². The standard InChI is InChI=1S/C8H7ClF3N3O/c9-4-1-2-5(13)15-6(4)7(16)14-3-8(10,11)12/h1-2H,3H2,(H2,13,15)(H,14,16). The minimum atomic E-state index is -4.48. The number of nitrogens with one attached hydrogen (secondary N) is 1. The number of aromatic nitrogens is 1. The van der Waals surface area contributed by atoms with Crippen LogP contribution in [0.5, 0.6) is 0 Å². The molecule has 88 valence electrons. The predicted molar refractivity (Wildman–Crippen MR) is 52.0 cm³/mol. The minimum Gasteiger partial charge on any atom is -0.384 e. The fourth-order valence-corrected chi connectivity index (χ4v) is 1.07. The molecule has 4 nitrogen and oxygen atoms in total. The number of hydrogen-bond acceptors (Lipinski definition) is 3. The highest BCUT2D eigenvalue weighted by Gasteiger charge is 2.28. The third-order valence-electron chi connectivity index (χ3n) is 1.53. The number of carbonyl (C=O) groups is 1. The van der Waals surface area contributed by atoms with Crippen molar-refractivity contribution in [2.45, 2.75) is 6.18 Å². The quantitative estimate of drug-likeness (QED) is 0.841. The van der Waals surface area contributed by atoms with E-state index in [1.54, 1.807) is 5.32 Å². The van der Waals surface area contributed by atoms with Crippen LogP contribution >= 0.6 is 11.6 Å². The van der Waals surface area contributed by atoms with Gasteiger partial charge in [0.1, 0.15) is 18.1 Å². The summed E-state index contributed by atoms with van der Waals surface area (Å²) in [6.45, 7) is -1.45. The summed E-state index contributed by atoms with van der Waals surface area (Å²) in [4.78, 5) is 14.8. The van der Waals surface area contributed by atoms with Gasteiger partial charge in [0.05, 0.1) is 5.02 Å². The monoisotopic (exact) mass is 253 g/mol. The summed E-state index contributed by atoms with van der Waals surface area (Å²) >= 11 is 5.58. The third kappa shape index (κ3) is 3.58. The van der Waals surface area contributed by atoms with Crippen molar-refractivity contribution in [3.8, 4) is 0 Å². The fraction of sp³-hybridized carbons (Fsp3) is 0.250. The molecule has 0 atom stereocenters. The molecule has 1 rings (SSSR count). The van der Waals surface area contributed by atoms with Gasteiger partial charge < -0.3 is 11.1 Å². The van der Waals surface area contributed by atoms with Gasteiger partial charge in [-0.15, -0.1) is 0 Å². The molecule has 8 heteroatoms. The van der Waals surface area contributed by atoms with Gasteiger partial charge in [0.2, 0.25) is 0 Å². The van der Waals surface area contributed by atoms with E-state index in [0.717, 1.165) is 0 Å². The van der Waals surface area contributed by atoms with E-state index in [1.807, 2.05) is 0 Å². The first kappa shape index (κ1) is 12.6. The molecule has 0 aromatic carbocycles. The average Bonchev–Trinajstić information content (AvgIpc) is 2.17. The highest BCUT2D eigenvalue weighted by molar-refractivity contribution is 6.33. The first-order valence-corrected chi connectivity index (χ1v) is 4.44. The number of alkyl halides is 3. The molecule has 1 heterocycles. The fourth-order valence-electron chi connectivity index (χ4n) is 0.881. The molecule has 1 aromatic rings. The van der Waals surface area contributed by atoms with Crippen molar-refractivity contribution in [2.24, 2.45) is 0 Å². The Balaban J connectivity index is 2.77. The van der Waals surface area contributed by atoms with Crippen LogP contribution in [0.15, 0.2) is 12.1 Å². The van der Waals surface area contributed by atoms with Crippen LogP contribution in [0.1, 0.15) is 10.5 Å². The van der Waals surface area contributed by atoms with E-state index in [-0.39, 0.29) is 16.5 Å². The van der Waals surface area contributed by atoms with Crippen LogP contribution in [-0.4, -0.2) is 23.6 Å². The molecule has 16 heavy (non-hydrogen) atoms. The van der Waals surface area contributed by atoms with E-state index in [4.69, 9.17) is 17.3 Å². The Kier molecular flexibility index (Phi) is 3.58. The second-order valence-electron chi connectivity index (χ2n) is 2.86. The molecule has 0 aliphatic heterocycles. The number of pyridine rings is 1. The Bertz CT molecular complexity index is 408. The smallest absolute Gasteiger partial charge is 0.384 e. The van der Waals surface area contributed by atoms with Crippen molar-refractivity contribution in [2.75, 3.05) is 12.3 Å². The lowest BCUT2D eigenvalue weighted by Gasteiger charge is -2.08. The second kappa shape index (κ2) is 4.56. The molecule has 0 saturated heterocycles. The van der Waals surface area contributed by atoms with Crippen molar-refractivity contribution in [3.63, 3.8) is 0 Å². The number of hydrogen-bond donors (Lipinski definition) is 2. The molecule has 1 amide bonds.